The number of thiazole rings is 1. The first-order valence-corrected chi connectivity index (χ1v) is 17.7. The molecule has 11 nitrogen and oxygen atoms in total. The van der Waals surface area contributed by atoms with Gasteiger partial charge in [0.2, 0.25) is 17.7 Å². The van der Waals surface area contributed by atoms with Gasteiger partial charge >= 0.3 is 6.09 Å². The van der Waals surface area contributed by atoms with Crippen LogP contribution in [0.1, 0.15) is 109 Å². The van der Waals surface area contributed by atoms with Gasteiger partial charge in [-0.15, -0.1) is 11.3 Å². The fraction of sp³-hybridized carbons (Fsp3) is 0.629. The lowest BCUT2D eigenvalue weighted by Gasteiger charge is -2.35. The molecule has 3 rings (SSSR count). The Morgan fingerprint density at radius 3 is 2.21 bits per heavy atom. The lowest BCUT2D eigenvalue weighted by atomic mass is 9.85. The van der Waals surface area contributed by atoms with Crippen molar-refractivity contribution in [3.8, 4) is 10.4 Å². The third kappa shape index (κ3) is 11.9. The number of primary amides is 1. The van der Waals surface area contributed by atoms with E-state index in [1.54, 1.807) is 11.3 Å². The Hall–Kier alpha value is -3.51. The molecular formula is C35H53N5O6S. The molecule has 47 heavy (non-hydrogen) atoms. The van der Waals surface area contributed by atoms with Gasteiger partial charge in [-0.1, -0.05) is 83.6 Å². The van der Waals surface area contributed by atoms with Crippen LogP contribution in [0.5, 0.6) is 0 Å². The molecule has 260 valence electrons. The van der Waals surface area contributed by atoms with Gasteiger partial charge in [-0.3, -0.25) is 14.4 Å². The molecular weight excluding hydrogens is 618 g/mol. The lowest BCUT2D eigenvalue weighted by Crippen LogP contribution is -2.57. The van der Waals surface area contributed by atoms with Gasteiger partial charge in [-0.25, -0.2) is 9.78 Å². The Labute approximate surface area is 283 Å². The van der Waals surface area contributed by atoms with E-state index in [0.717, 1.165) is 73.1 Å². The minimum Gasteiger partial charge on any atom is -0.450 e. The Bertz CT molecular complexity index is 1320. The number of hydrogen-bond donors (Lipinski definition) is 4. The van der Waals surface area contributed by atoms with Crippen LogP contribution < -0.4 is 16.4 Å². The first-order valence-electron chi connectivity index (χ1n) is 16.8. The molecule has 5 N–H and O–H groups in total. The molecule has 0 bridgehead atoms. The highest BCUT2D eigenvalue weighted by molar-refractivity contribution is 7.13. The number of carbonyl (C=O) groups excluding carboxylic acids is 4. The van der Waals surface area contributed by atoms with E-state index >= 15 is 0 Å². The summed E-state index contributed by atoms with van der Waals surface area (Å²) in [5, 5.41) is 16.5. The second kappa shape index (κ2) is 18.1. The lowest BCUT2D eigenvalue weighted by molar-refractivity contribution is -0.144. The maximum absolute atomic E-state index is 13.9. The number of ether oxygens (including phenoxy) is 1. The SMILES string of the molecule is Cc1ncsc1-c1ccc(C(C)NC(=O)[C@@H]2C[C@@H](O)CN2C(=O)C(NC(=O)CCCCCCCCCCOC(N)=O)C(C)(C)C)cc1. The number of β-amino-alcohol motifs (C(OH)–C–C–N with tert-alkyl or cyclic N) is 1. The second-order valence-electron chi connectivity index (χ2n) is 13.6. The van der Waals surface area contributed by atoms with Crippen molar-refractivity contribution in [2.45, 2.75) is 123 Å². The van der Waals surface area contributed by atoms with E-state index in [1.165, 1.54) is 4.90 Å². The average molecular weight is 672 g/mol. The zero-order valence-electron chi connectivity index (χ0n) is 28.5. The number of unbranched alkanes of at least 4 members (excludes halogenated alkanes) is 7. The summed E-state index contributed by atoms with van der Waals surface area (Å²) in [4.78, 5) is 57.7. The zero-order valence-corrected chi connectivity index (χ0v) is 29.4. The molecule has 0 saturated carbocycles. The first-order chi connectivity index (χ1) is 22.3. The van der Waals surface area contributed by atoms with E-state index in [0.29, 0.717) is 13.0 Å². The summed E-state index contributed by atoms with van der Waals surface area (Å²) < 4.78 is 4.73. The van der Waals surface area contributed by atoms with Crippen LogP contribution in [0.2, 0.25) is 0 Å². The summed E-state index contributed by atoms with van der Waals surface area (Å²) in [6.07, 6.45) is 6.54. The van der Waals surface area contributed by atoms with Crippen molar-refractivity contribution in [2.24, 2.45) is 11.1 Å². The molecule has 2 unspecified atom stereocenters. The minimum absolute atomic E-state index is 0.0365. The van der Waals surface area contributed by atoms with Gasteiger partial charge in [0.15, 0.2) is 0 Å². The number of nitrogens with two attached hydrogens (primary N) is 1. The summed E-state index contributed by atoms with van der Waals surface area (Å²) in [7, 11) is 0. The molecule has 1 saturated heterocycles. The number of aliphatic hydroxyl groups excluding tert-OH is 1. The van der Waals surface area contributed by atoms with E-state index < -0.39 is 29.7 Å². The van der Waals surface area contributed by atoms with Gasteiger partial charge in [0, 0.05) is 19.4 Å². The highest BCUT2D eigenvalue weighted by Gasteiger charge is 2.44. The van der Waals surface area contributed by atoms with Crippen molar-refractivity contribution < 1.29 is 29.0 Å². The molecule has 4 atom stereocenters. The topological polar surface area (TPSA) is 164 Å². The summed E-state index contributed by atoms with van der Waals surface area (Å²) in [6, 6.07) is 5.99. The van der Waals surface area contributed by atoms with Gasteiger partial charge in [0.25, 0.3) is 0 Å². The maximum Gasteiger partial charge on any atom is 0.404 e. The normalized spacial score (nSPS) is 17.6. The van der Waals surface area contributed by atoms with Crippen molar-refractivity contribution >= 4 is 35.2 Å². The number of aryl methyl sites for hydroxylation is 1. The van der Waals surface area contributed by atoms with Crippen molar-refractivity contribution in [1.29, 1.82) is 0 Å². The van der Waals surface area contributed by atoms with Crippen molar-refractivity contribution in [1.82, 2.24) is 20.5 Å². The first kappa shape index (κ1) is 37.9. The summed E-state index contributed by atoms with van der Waals surface area (Å²) in [6.45, 7) is 9.92. The van der Waals surface area contributed by atoms with Gasteiger partial charge in [0.1, 0.15) is 12.1 Å². The van der Waals surface area contributed by atoms with Gasteiger partial charge in [-0.05, 0) is 43.2 Å². The van der Waals surface area contributed by atoms with Crippen molar-refractivity contribution in [2.75, 3.05) is 13.2 Å². The van der Waals surface area contributed by atoms with Gasteiger partial charge < -0.3 is 31.1 Å². The molecule has 12 heteroatoms. The van der Waals surface area contributed by atoms with Crippen LogP contribution in [-0.2, 0) is 19.1 Å². The standard InChI is InChI=1S/C35H53N5O6S/c1-23(25-15-17-26(18-16-25)30-24(2)37-22-47-30)38-32(43)28-20-27(41)21-40(28)33(44)31(35(3,4)5)39-29(42)14-12-10-8-6-7-9-11-13-19-46-34(36)45/h15-18,22-23,27-28,31,41H,6-14,19-21H2,1-5H3,(H2,36,45)(H,38,43)(H,39,42)/t23?,27-,28+,31?/m1/s1. The summed E-state index contributed by atoms with van der Waals surface area (Å²) in [5.74, 6) is -0.887. The molecule has 1 fully saturated rings. The number of benzene rings is 1. The Balaban J connectivity index is 1.49. The molecule has 1 aromatic heterocycles. The largest absolute Gasteiger partial charge is 0.450 e. The molecule has 1 aromatic carbocycles. The average Bonchev–Trinajstić information content (AvgIpc) is 3.62. The highest BCUT2D eigenvalue weighted by atomic mass is 32.1. The zero-order chi connectivity index (χ0) is 34.6. The van der Waals surface area contributed by atoms with E-state index in [1.807, 2.05) is 64.4 Å². The highest BCUT2D eigenvalue weighted by Crippen LogP contribution is 2.29. The van der Waals surface area contributed by atoms with Crippen LogP contribution >= 0.6 is 11.3 Å². The molecule has 1 aliphatic rings. The van der Waals surface area contributed by atoms with E-state index in [2.05, 4.69) is 15.6 Å². The smallest absolute Gasteiger partial charge is 0.404 e. The fourth-order valence-electron chi connectivity index (χ4n) is 5.87. The minimum atomic E-state index is -0.839. The van der Waals surface area contributed by atoms with Crippen LogP contribution in [0.15, 0.2) is 29.8 Å². The number of hydrogen-bond acceptors (Lipinski definition) is 8. The Kier molecular flexibility index (Phi) is 14.6. The Morgan fingerprint density at radius 2 is 1.64 bits per heavy atom. The number of amides is 4. The van der Waals surface area contributed by atoms with Crippen molar-refractivity contribution in [3.05, 3.63) is 41.0 Å². The number of nitrogens with one attached hydrogen (secondary N) is 2. The quantitative estimate of drug-likeness (QED) is 0.164. The van der Waals surface area contributed by atoms with Crippen molar-refractivity contribution in [3.63, 3.8) is 0 Å². The molecule has 0 radical (unpaired) electrons. The summed E-state index contributed by atoms with van der Waals surface area (Å²) >= 11 is 1.58. The number of aliphatic hydroxyl groups is 1. The molecule has 0 spiro atoms. The molecule has 0 aliphatic carbocycles. The van der Waals surface area contributed by atoms with Crippen LogP contribution in [0.3, 0.4) is 0 Å². The number of aromatic nitrogens is 1. The van der Waals surface area contributed by atoms with Gasteiger partial charge in [-0.2, -0.15) is 0 Å². The fourth-order valence-corrected chi connectivity index (χ4v) is 6.68. The van der Waals surface area contributed by atoms with E-state index in [9.17, 15) is 24.3 Å². The number of nitrogens with zero attached hydrogens (tertiary/aromatic N) is 2. The number of likely N-dealkylation sites (tertiary alicyclic amines) is 1. The van der Waals surface area contributed by atoms with Crippen LogP contribution in [0, 0.1) is 12.3 Å². The third-order valence-electron chi connectivity index (χ3n) is 8.60. The summed E-state index contributed by atoms with van der Waals surface area (Å²) in [5.41, 5.74) is 9.13. The maximum atomic E-state index is 13.9. The van der Waals surface area contributed by atoms with Gasteiger partial charge in [0.05, 0.1) is 34.8 Å². The monoisotopic (exact) mass is 671 g/mol. The van der Waals surface area contributed by atoms with E-state index in [-0.39, 0.29) is 36.7 Å². The van der Waals surface area contributed by atoms with E-state index in [4.69, 9.17) is 10.5 Å². The molecule has 2 aromatic rings. The molecule has 4 amide bonds. The third-order valence-corrected chi connectivity index (χ3v) is 9.58. The predicted octanol–water partition coefficient (Wildman–Crippen LogP) is 5.39. The predicted molar refractivity (Wildman–Crippen MR) is 183 cm³/mol. The molecule has 2 heterocycles. The van der Waals surface area contributed by atoms with Crippen LogP contribution in [-0.4, -0.2) is 70.1 Å². The second-order valence-corrected chi connectivity index (χ2v) is 14.5. The molecule has 1 aliphatic heterocycles. The Morgan fingerprint density at radius 1 is 1.02 bits per heavy atom. The van der Waals surface area contributed by atoms with Crippen LogP contribution in [0.4, 0.5) is 4.79 Å². The number of carbonyl (C=O) groups is 4. The van der Waals surface area contributed by atoms with Crippen LogP contribution in [0.25, 0.3) is 10.4 Å². The number of rotatable bonds is 17.